The highest BCUT2D eigenvalue weighted by molar-refractivity contribution is 6.32. The van der Waals surface area contributed by atoms with Crippen LogP contribution in [-0.2, 0) is 0 Å². The minimum Gasteiger partial charge on any atom is -0.478 e. The van der Waals surface area contributed by atoms with Gasteiger partial charge in [0.25, 0.3) is 0 Å². The maximum Gasteiger partial charge on any atom is 0.335 e. The molecule has 5 N–H and O–H groups in total. The van der Waals surface area contributed by atoms with Crippen LogP contribution in [0, 0.1) is 0 Å². The van der Waals surface area contributed by atoms with Crippen LogP contribution in [0.3, 0.4) is 0 Å². The third-order valence-corrected chi connectivity index (χ3v) is 7.19. The highest BCUT2D eigenvalue weighted by atomic mass is 35.5. The summed E-state index contributed by atoms with van der Waals surface area (Å²) < 4.78 is 0. The van der Waals surface area contributed by atoms with Crippen LogP contribution >= 0.6 is 11.6 Å². The lowest BCUT2D eigenvalue weighted by atomic mass is 9.90. The van der Waals surface area contributed by atoms with Gasteiger partial charge in [-0.15, -0.1) is 0 Å². The molecule has 10 nitrogen and oxygen atoms in total. The molecule has 11 heteroatoms. The van der Waals surface area contributed by atoms with Crippen molar-refractivity contribution in [1.29, 1.82) is 0 Å². The smallest absolute Gasteiger partial charge is 0.335 e. The van der Waals surface area contributed by atoms with Gasteiger partial charge in [0.15, 0.2) is 0 Å². The first-order valence-corrected chi connectivity index (χ1v) is 13.9. The molecular formula is C35H23ClN2O8. The van der Waals surface area contributed by atoms with Gasteiger partial charge in [-0.1, -0.05) is 54.1 Å². The summed E-state index contributed by atoms with van der Waals surface area (Å²) in [6.07, 6.45) is 7.05. The zero-order chi connectivity index (χ0) is 33.0. The Labute approximate surface area is 266 Å². The highest BCUT2D eigenvalue weighted by Crippen LogP contribution is 2.35. The van der Waals surface area contributed by atoms with E-state index in [1.54, 1.807) is 30.4 Å². The van der Waals surface area contributed by atoms with Crippen molar-refractivity contribution in [1.82, 2.24) is 0 Å². The number of benzene rings is 4. The maximum absolute atomic E-state index is 11.5. The second-order valence-electron chi connectivity index (χ2n) is 10.0. The van der Waals surface area contributed by atoms with Crippen molar-refractivity contribution >= 4 is 63.8 Å². The van der Waals surface area contributed by atoms with Gasteiger partial charge in [0, 0.05) is 22.0 Å². The molecule has 0 spiro atoms. The number of nitrogens with zero attached hydrogens (tertiary/aromatic N) is 1. The molecule has 0 amide bonds. The van der Waals surface area contributed by atoms with E-state index < -0.39 is 23.9 Å². The lowest BCUT2D eigenvalue weighted by Crippen LogP contribution is -2.04. The third kappa shape index (κ3) is 7.09. The molecule has 0 bridgehead atoms. The van der Waals surface area contributed by atoms with E-state index in [0.29, 0.717) is 22.1 Å². The molecule has 0 atom stereocenters. The highest BCUT2D eigenvalue weighted by Gasteiger charge is 2.16. The Hall–Kier alpha value is -6.26. The minimum atomic E-state index is -1.27. The fraction of sp³-hybridized carbons (Fsp3) is 0. The Kier molecular flexibility index (Phi) is 8.92. The van der Waals surface area contributed by atoms with Crippen molar-refractivity contribution < 1.29 is 39.6 Å². The van der Waals surface area contributed by atoms with Crippen molar-refractivity contribution in [2.45, 2.75) is 0 Å². The van der Waals surface area contributed by atoms with E-state index in [9.17, 15) is 39.6 Å². The molecule has 228 valence electrons. The van der Waals surface area contributed by atoms with Gasteiger partial charge in [-0.25, -0.2) is 24.2 Å². The van der Waals surface area contributed by atoms with Crippen molar-refractivity contribution in [2.24, 2.45) is 4.99 Å². The van der Waals surface area contributed by atoms with E-state index in [1.165, 1.54) is 24.3 Å². The topological polar surface area (TPSA) is 174 Å². The predicted molar refractivity (Wildman–Crippen MR) is 173 cm³/mol. The SMILES string of the molecule is O=C(O)c1cc(N=C2C=CC(=C(c3ccc(Nc4cc(C(=O)O)cc(C(=O)O)c4)cc3)c3ccccc3Cl)C=C2)cc(C(=O)O)c1. The fourth-order valence-corrected chi connectivity index (χ4v) is 4.98. The molecule has 0 saturated heterocycles. The molecule has 0 unspecified atom stereocenters. The largest absolute Gasteiger partial charge is 0.478 e. The molecule has 0 aromatic heterocycles. The van der Waals surface area contributed by atoms with Crippen molar-refractivity contribution in [3.05, 3.63) is 153 Å². The van der Waals surface area contributed by atoms with Crippen LogP contribution in [-0.4, -0.2) is 50.0 Å². The normalized spacial score (nSPS) is 12.0. The Balaban J connectivity index is 1.50. The van der Waals surface area contributed by atoms with Crippen LogP contribution in [0.25, 0.3) is 5.57 Å². The number of halogens is 1. The molecule has 1 aliphatic rings. The van der Waals surface area contributed by atoms with Crippen molar-refractivity contribution in [2.75, 3.05) is 5.32 Å². The number of nitrogens with one attached hydrogen (secondary N) is 1. The number of allylic oxidation sites excluding steroid dienone is 5. The number of anilines is 2. The minimum absolute atomic E-state index is 0.166. The average Bonchev–Trinajstić information content (AvgIpc) is 3.03. The summed E-state index contributed by atoms with van der Waals surface area (Å²) in [7, 11) is 0. The molecule has 5 rings (SSSR count). The summed E-state index contributed by atoms with van der Waals surface area (Å²) in [6, 6.07) is 21.9. The number of carboxylic acid groups (broad SMARTS) is 4. The molecule has 0 radical (unpaired) electrons. The Bertz CT molecular complexity index is 1960. The Morgan fingerprint density at radius 2 is 1.07 bits per heavy atom. The standard InChI is InChI=1S/C35H23ClN2O8/c36-30-4-2-1-3-29(30)31(19-5-9-25(10-6-19)37-27-15-21(32(39)40)13-22(16-27)33(41)42)20-7-11-26(12-8-20)38-28-17-23(34(43)44)14-24(18-28)35(45)46/h1-18,37H,(H,39,40)(H,41,42)(H,43,44)(H,45,46). The number of hydrogen-bond acceptors (Lipinski definition) is 6. The Morgan fingerprint density at radius 1 is 0.565 bits per heavy atom. The molecule has 0 saturated carbocycles. The van der Waals surface area contributed by atoms with Crippen LogP contribution in [0.5, 0.6) is 0 Å². The molecule has 1 aliphatic carbocycles. The summed E-state index contributed by atoms with van der Waals surface area (Å²) in [5.74, 6) is -5.04. The van der Waals surface area contributed by atoms with Gasteiger partial charge in [0.05, 0.1) is 33.7 Å². The van der Waals surface area contributed by atoms with Gasteiger partial charge >= 0.3 is 23.9 Å². The third-order valence-electron chi connectivity index (χ3n) is 6.86. The lowest BCUT2D eigenvalue weighted by Gasteiger charge is -2.16. The van der Waals surface area contributed by atoms with Crippen LogP contribution in [0.4, 0.5) is 17.1 Å². The summed E-state index contributed by atoms with van der Waals surface area (Å²) in [5.41, 5.74) is 3.88. The van der Waals surface area contributed by atoms with Crippen LogP contribution in [0.15, 0.2) is 120 Å². The van der Waals surface area contributed by atoms with E-state index in [-0.39, 0.29) is 27.9 Å². The number of carboxylic acids is 4. The van der Waals surface area contributed by atoms with E-state index in [4.69, 9.17) is 11.6 Å². The summed E-state index contributed by atoms with van der Waals surface area (Å²) in [4.78, 5) is 50.4. The van der Waals surface area contributed by atoms with Gasteiger partial charge < -0.3 is 25.7 Å². The first-order chi connectivity index (χ1) is 22.0. The monoisotopic (exact) mass is 634 g/mol. The lowest BCUT2D eigenvalue weighted by molar-refractivity contribution is 0.0676. The first kappa shape index (κ1) is 31.2. The molecule has 4 aromatic rings. The quantitative estimate of drug-likeness (QED) is 0.124. The van der Waals surface area contributed by atoms with Gasteiger partial charge in [-0.05, 0) is 83.5 Å². The van der Waals surface area contributed by atoms with Gasteiger partial charge in [-0.2, -0.15) is 0 Å². The molecule has 0 fully saturated rings. The molecular weight excluding hydrogens is 612 g/mol. The van der Waals surface area contributed by atoms with Crippen LogP contribution in [0.2, 0.25) is 5.02 Å². The number of rotatable bonds is 9. The van der Waals surface area contributed by atoms with Gasteiger partial charge in [-0.3, -0.25) is 0 Å². The summed E-state index contributed by atoms with van der Waals surface area (Å²) in [6.45, 7) is 0. The second kappa shape index (κ2) is 13.2. The van der Waals surface area contributed by atoms with E-state index >= 15 is 0 Å². The number of hydrogen-bond donors (Lipinski definition) is 5. The fourth-order valence-electron chi connectivity index (χ4n) is 4.75. The zero-order valence-electron chi connectivity index (χ0n) is 23.6. The summed E-state index contributed by atoms with van der Waals surface area (Å²) >= 11 is 6.61. The zero-order valence-corrected chi connectivity index (χ0v) is 24.4. The molecule has 4 aromatic carbocycles. The van der Waals surface area contributed by atoms with E-state index in [1.807, 2.05) is 42.5 Å². The van der Waals surface area contributed by atoms with Crippen molar-refractivity contribution in [3.63, 3.8) is 0 Å². The Morgan fingerprint density at radius 3 is 1.57 bits per heavy atom. The van der Waals surface area contributed by atoms with E-state index in [0.717, 1.165) is 34.4 Å². The predicted octanol–water partition coefficient (Wildman–Crippen LogP) is 7.58. The van der Waals surface area contributed by atoms with Gasteiger partial charge in [0.1, 0.15) is 0 Å². The number of aromatic carboxylic acids is 4. The first-order valence-electron chi connectivity index (χ1n) is 13.5. The average molecular weight is 635 g/mol. The number of aliphatic imine (C=N–C) groups is 1. The maximum atomic E-state index is 11.5. The molecule has 0 heterocycles. The summed E-state index contributed by atoms with van der Waals surface area (Å²) in [5, 5.41) is 41.1. The van der Waals surface area contributed by atoms with Crippen LogP contribution < -0.4 is 5.32 Å². The molecule has 46 heavy (non-hydrogen) atoms. The van der Waals surface area contributed by atoms with E-state index in [2.05, 4.69) is 10.3 Å². The van der Waals surface area contributed by atoms with Crippen molar-refractivity contribution in [3.8, 4) is 0 Å². The number of carbonyl (C=O) groups is 4. The molecule has 0 aliphatic heterocycles. The second-order valence-corrected chi connectivity index (χ2v) is 10.4. The van der Waals surface area contributed by atoms with Crippen LogP contribution in [0.1, 0.15) is 52.6 Å². The van der Waals surface area contributed by atoms with Gasteiger partial charge in [0.2, 0.25) is 0 Å².